The molecule has 1 N–H and O–H groups in total. The number of benzene rings is 1. The van der Waals surface area contributed by atoms with Crippen molar-refractivity contribution >= 4 is 10.9 Å². The van der Waals surface area contributed by atoms with Crippen LogP contribution in [0.3, 0.4) is 0 Å². The topological polar surface area (TPSA) is 34.1 Å². The van der Waals surface area contributed by atoms with E-state index in [1.54, 1.807) is 0 Å². The van der Waals surface area contributed by atoms with Gasteiger partial charge in [-0.25, -0.2) is 0 Å². The second-order valence-corrected chi connectivity index (χ2v) is 4.35. The molecule has 2 rings (SSSR count). The minimum absolute atomic E-state index is 0.118. The Labute approximate surface area is 108 Å². The van der Waals surface area contributed by atoms with Crippen LogP contribution in [0.25, 0.3) is 10.9 Å². The van der Waals surface area contributed by atoms with E-state index in [-0.39, 0.29) is 12.1 Å². The summed E-state index contributed by atoms with van der Waals surface area (Å²) >= 11 is 0. The van der Waals surface area contributed by atoms with Gasteiger partial charge in [-0.3, -0.25) is 4.98 Å². The molecule has 3 heteroatoms. The van der Waals surface area contributed by atoms with Crippen molar-refractivity contribution in [2.75, 3.05) is 13.7 Å². The molecule has 1 aromatic carbocycles. The Morgan fingerprint density at radius 2 is 2.06 bits per heavy atom. The maximum atomic E-state index is 5.71. The highest BCUT2D eigenvalue weighted by Crippen LogP contribution is 2.25. The summed E-state index contributed by atoms with van der Waals surface area (Å²) in [4.78, 5) is 4.50. The van der Waals surface area contributed by atoms with Gasteiger partial charge >= 0.3 is 0 Å². The van der Waals surface area contributed by atoms with Gasteiger partial charge in [0, 0.05) is 18.2 Å². The molecule has 18 heavy (non-hydrogen) atoms. The molecule has 0 saturated carbocycles. The van der Waals surface area contributed by atoms with Gasteiger partial charge in [-0.2, -0.15) is 0 Å². The summed E-state index contributed by atoms with van der Waals surface area (Å²) in [7, 11) is 1.96. The summed E-state index contributed by atoms with van der Waals surface area (Å²) < 4.78 is 5.71. The highest BCUT2D eigenvalue weighted by Gasteiger charge is 2.20. The number of para-hydroxylation sites is 1. The van der Waals surface area contributed by atoms with E-state index in [0.29, 0.717) is 0 Å². The zero-order chi connectivity index (χ0) is 13.0. The standard InChI is InChI=1S/C15H20N2O/c1-4-18-11(2)14(16-3)13-9-5-7-12-8-6-10-17-15(12)13/h5-11,14,16H,4H2,1-3H3. The molecule has 96 valence electrons. The minimum Gasteiger partial charge on any atom is -0.377 e. The molecule has 0 fully saturated rings. The van der Waals surface area contributed by atoms with Gasteiger partial charge in [0.2, 0.25) is 0 Å². The number of nitrogens with zero attached hydrogens (tertiary/aromatic N) is 1. The fourth-order valence-electron chi connectivity index (χ4n) is 2.38. The van der Waals surface area contributed by atoms with Crippen LogP contribution in [0.1, 0.15) is 25.5 Å². The first-order valence-electron chi connectivity index (χ1n) is 6.40. The third-order valence-corrected chi connectivity index (χ3v) is 3.21. The lowest BCUT2D eigenvalue weighted by Crippen LogP contribution is -2.29. The van der Waals surface area contributed by atoms with E-state index >= 15 is 0 Å². The minimum atomic E-state index is 0.118. The molecule has 1 heterocycles. The van der Waals surface area contributed by atoms with Gasteiger partial charge in [0.25, 0.3) is 0 Å². The van der Waals surface area contributed by atoms with Crippen LogP contribution in [-0.4, -0.2) is 24.7 Å². The van der Waals surface area contributed by atoms with Gasteiger partial charge < -0.3 is 10.1 Å². The molecule has 1 aromatic heterocycles. The molecular weight excluding hydrogens is 224 g/mol. The summed E-state index contributed by atoms with van der Waals surface area (Å²) in [5.41, 5.74) is 2.24. The lowest BCUT2D eigenvalue weighted by atomic mass is 9.99. The lowest BCUT2D eigenvalue weighted by Gasteiger charge is -2.24. The second kappa shape index (κ2) is 5.94. The molecule has 0 saturated heterocycles. The van der Waals surface area contributed by atoms with Crippen molar-refractivity contribution in [3.63, 3.8) is 0 Å². The SMILES string of the molecule is CCOC(C)C(NC)c1cccc2cccnc12. The van der Waals surface area contributed by atoms with Gasteiger partial charge in [0.1, 0.15) is 0 Å². The van der Waals surface area contributed by atoms with E-state index in [4.69, 9.17) is 4.74 Å². The molecule has 0 bridgehead atoms. The third kappa shape index (κ3) is 2.52. The molecule has 0 aliphatic heterocycles. The number of rotatable bonds is 5. The van der Waals surface area contributed by atoms with Gasteiger partial charge in [-0.05, 0) is 32.5 Å². The number of nitrogens with one attached hydrogen (secondary N) is 1. The molecule has 2 atom stereocenters. The monoisotopic (exact) mass is 244 g/mol. The first-order chi connectivity index (χ1) is 8.77. The maximum Gasteiger partial charge on any atom is 0.0750 e. The predicted molar refractivity (Wildman–Crippen MR) is 74.6 cm³/mol. The van der Waals surface area contributed by atoms with Crippen molar-refractivity contribution in [2.45, 2.75) is 26.0 Å². The Hall–Kier alpha value is -1.45. The number of pyridine rings is 1. The fourth-order valence-corrected chi connectivity index (χ4v) is 2.38. The Bertz CT molecular complexity index is 507. The van der Waals surface area contributed by atoms with E-state index in [9.17, 15) is 0 Å². The van der Waals surface area contributed by atoms with Gasteiger partial charge in [0.15, 0.2) is 0 Å². The first kappa shape index (κ1) is 13.0. The van der Waals surface area contributed by atoms with E-state index in [0.717, 1.165) is 12.1 Å². The second-order valence-electron chi connectivity index (χ2n) is 4.35. The summed E-state index contributed by atoms with van der Waals surface area (Å²) in [6.45, 7) is 4.83. The molecule has 2 unspecified atom stereocenters. The molecular formula is C15H20N2O. The van der Waals surface area contributed by atoms with Crippen LogP contribution in [0.4, 0.5) is 0 Å². The maximum absolute atomic E-state index is 5.71. The van der Waals surface area contributed by atoms with E-state index < -0.39 is 0 Å². The molecule has 0 spiro atoms. The zero-order valence-electron chi connectivity index (χ0n) is 11.2. The Kier molecular flexibility index (Phi) is 4.28. The van der Waals surface area contributed by atoms with Crippen LogP contribution >= 0.6 is 0 Å². The number of hydrogen-bond donors (Lipinski definition) is 1. The summed E-state index contributed by atoms with van der Waals surface area (Å²) in [5.74, 6) is 0. The van der Waals surface area contributed by atoms with Crippen LogP contribution < -0.4 is 5.32 Å². The molecule has 2 aromatic rings. The summed E-state index contributed by atoms with van der Waals surface area (Å²) in [6.07, 6.45) is 1.96. The van der Waals surface area contributed by atoms with Crippen LogP contribution in [0.5, 0.6) is 0 Å². The molecule has 3 nitrogen and oxygen atoms in total. The number of fused-ring (bicyclic) bond motifs is 1. The summed E-state index contributed by atoms with van der Waals surface area (Å²) in [5, 5.41) is 4.50. The van der Waals surface area contributed by atoms with E-state index in [1.165, 1.54) is 10.9 Å². The molecule has 0 aliphatic carbocycles. The Morgan fingerprint density at radius 3 is 2.78 bits per heavy atom. The molecule has 0 amide bonds. The largest absolute Gasteiger partial charge is 0.377 e. The zero-order valence-corrected chi connectivity index (χ0v) is 11.2. The highest BCUT2D eigenvalue weighted by molar-refractivity contribution is 5.82. The van der Waals surface area contributed by atoms with E-state index in [1.807, 2.05) is 26.2 Å². The number of likely N-dealkylation sites (N-methyl/N-ethyl adjacent to an activating group) is 1. The number of hydrogen-bond acceptors (Lipinski definition) is 3. The van der Waals surface area contributed by atoms with Crippen molar-refractivity contribution < 1.29 is 4.74 Å². The average molecular weight is 244 g/mol. The van der Waals surface area contributed by atoms with Crippen LogP contribution in [-0.2, 0) is 4.74 Å². The smallest absolute Gasteiger partial charge is 0.0750 e. The van der Waals surface area contributed by atoms with E-state index in [2.05, 4.69) is 41.5 Å². The number of ether oxygens (including phenoxy) is 1. The van der Waals surface area contributed by atoms with Crippen molar-refractivity contribution in [3.8, 4) is 0 Å². The quantitative estimate of drug-likeness (QED) is 0.878. The molecule has 0 aliphatic rings. The highest BCUT2D eigenvalue weighted by atomic mass is 16.5. The van der Waals surface area contributed by atoms with Gasteiger partial charge in [-0.15, -0.1) is 0 Å². The molecule has 0 radical (unpaired) electrons. The van der Waals surface area contributed by atoms with Crippen LogP contribution in [0, 0.1) is 0 Å². The van der Waals surface area contributed by atoms with Gasteiger partial charge in [-0.1, -0.05) is 24.3 Å². The summed E-state index contributed by atoms with van der Waals surface area (Å²) in [6, 6.07) is 10.5. The third-order valence-electron chi connectivity index (χ3n) is 3.21. The Morgan fingerprint density at radius 1 is 1.28 bits per heavy atom. The lowest BCUT2D eigenvalue weighted by molar-refractivity contribution is 0.0496. The van der Waals surface area contributed by atoms with Crippen molar-refractivity contribution in [3.05, 3.63) is 42.1 Å². The fraction of sp³-hybridized carbons (Fsp3) is 0.400. The van der Waals surface area contributed by atoms with Crippen LogP contribution in [0.15, 0.2) is 36.5 Å². The van der Waals surface area contributed by atoms with Gasteiger partial charge in [0.05, 0.1) is 17.7 Å². The average Bonchev–Trinajstić information content (AvgIpc) is 2.40. The predicted octanol–water partition coefficient (Wildman–Crippen LogP) is 2.92. The number of aromatic nitrogens is 1. The van der Waals surface area contributed by atoms with Crippen molar-refractivity contribution in [2.24, 2.45) is 0 Å². The first-order valence-corrected chi connectivity index (χ1v) is 6.40. The van der Waals surface area contributed by atoms with Crippen molar-refractivity contribution in [1.29, 1.82) is 0 Å². The normalized spacial score (nSPS) is 14.6. The van der Waals surface area contributed by atoms with Crippen LogP contribution in [0.2, 0.25) is 0 Å². The Balaban J connectivity index is 2.44. The van der Waals surface area contributed by atoms with Crippen molar-refractivity contribution in [1.82, 2.24) is 10.3 Å².